The van der Waals surface area contributed by atoms with E-state index in [0.717, 1.165) is 0 Å². The molecule has 5 nitrogen and oxygen atoms in total. The maximum Gasteiger partial charge on any atom is 0.336 e. The molecule has 0 saturated carbocycles. The van der Waals surface area contributed by atoms with Gasteiger partial charge in [0, 0.05) is 5.56 Å². The zero-order valence-corrected chi connectivity index (χ0v) is 11.8. The first-order valence-electron chi connectivity index (χ1n) is 5.79. The molecule has 1 unspecified atom stereocenters. The Labute approximate surface area is 120 Å². The topological polar surface area (TPSA) is 76.0 Å². The molecule has 1 atom stereocenters. The van der Waals surface area contributed by atoms with Crippen molar-refractivity contribution >= 4 is 17.3 Å². The van der Waals surface area contributed by atoms with E-state index in [0.29, 0.717) is 21.9 Å². The first-order valence-corrected chi connectivity index (χ1v) is 6.67. The Kier molecular flexibility index (Phi) is 4.26. The maximum atomic E-state index is 11.1. The molecule has 0 aliphatic heterocycles. The van der Waals surface area contributed by atoms with Crippen molar-refractivity contribution in [2.75, 3.05) is 14.2 Å². The second-order valence-electron chi connectivity index (χ2n) is 3.99. The van der Waals surface area contributed by atoms with Crippen LogP contribution in [0.4, 0.5) is 0 Å². The van der Waals surface area contributed by atoms with Crippen molar-refractivity contribution in [2.24, 2.45) is 0 Å². The van der Waals surface area contributed by atoms with Crippen molar-refractivity contribution in [1.29, 1.82) is 0 Å². The highest BCUT2D eigenvalue weighted by Crippen LogP contribution is 2.39. The second-order valence-corrected chi connectivity index (χ2v) is 4.94. The third-order valence-electron chi connectivity index (χ3n) is 2.90. The summed E-state index contributed by atoms with van der Waals surface area (Å²) in [6.07, 6.45) is -1.08. The van der Waals surface area contributed by atoms with E-state index in [9.17, 15) is 9.90 Å². The molecule has 0 aliphatic rings. The molecule has 106 valence electrons. The monoisotopic (exact) mass is 294 g/mol. The molecule has 2 rings (SSSR count). The number of hydrogen-bond acceptors (Lipinski definition) is 5. The molecule has 2 aromatic rings. The van der Waals surface area contributed by atoms with E-state index >= 15 is 0 Å². The number of rotatable bonds is 5. The first kappa shape index (κ1) is 14.4. The minimum atomic E-state index is -1.08. The molecule has 0 aliphatic carbocycles. The largest absolute Gasteiger partial charge is 0.493 e. The van der Waals surface area contributed by atoms with Crippen molar-refractivity contribution in [3.05, 3.63) is 45.6 Å². The molecule has 1 heterocycles. The van der Waals surface area contributed by atoms with Crippen LogP contribution in [0.25, 0.3) is 0 Å². The zero-order valence-electron chi connectivity index (χ0n) is 11.0. The van der Waals surface area contributed by atoms with Gasteiger partial charge in [-0.2, -0.15) is 0 Å². The standard InChI is InChI=1S/C14H14O5S/c1-18-10-5-3-4-8(12(10)19-2)11(15)13-9(14(16)17)6-7-20-13/h3-7,11,15H,1-2H3,(H,16,17). The van der Waals surface area contributed by atoms with Gasteiger partial charge in [-0.1, -0.05) is 12.1 Å². The summed E-state index contributed by atoms with van der Waals surface area (Å²) in [5.41, 5.74) is 0.559. The number of aliphatic hydroxyl groups excluding tert-OH is 1. The highest BCUT2D eigenvalue weighted by Gasteiger charge is 2.24. The van der Waals surface area contributed by atoms with Crippen LogP contribution in [0, 0.1) is 0 Å². The molecule has 2 N–H and O–H groups in total. The zero-order chi connectivity index (χ0) is 14.7. The summed E-state index contributed by atoms with van der Waals surface area (Å²) in [6.45, 7) is 0. The molecule has 6 heteroatoms. The van der Waals surface area contributed by atoms with E-state index in [1.165, 1.54) is 31.6 Å². The van der Waals surface area contributed by atoms with Gasteiger partial charge >= 0.3 is 5.97 Å². The summed E-state index contributed by atoms with van der Waals surface area (Å²) < 4.78 is 10.4. The van der Waals surface area contributed by atoms with Crippen LogP contribution >= 0.6 is 11.3 Å². The molecular weight excluding hydrogens is 280 g/mol. The number of methoxy groups -OCH3 is 2. The Hall–Kier alpha value is -2.05. The third kappa shape index (κ3) is 2.48. The highest BCUT2D eigenvalue weighted by molar-refractivity contribution is 7.10. The van der Waals surface area contributed by atoms with Crippen LogP contribution in [-0.4, -0.2) is 30.4 Å². The molecule has 0 fully saturated rings. The lowest BCUT2D eigenvalue weighted by Gasteiger charge is -2.16. The third-order valence-corrected chi connectivity index (χ3v) is 3.87. The van der Waals surface area contributed by atoms with Gasteiger partial charge in [0.25, 0.3) is 0 Å². The fraction of sp³-hybridized carbons (Fsp3) is 0.214. The number of aromatic carboxylic acids is 1. The Balaban J connectivity index is 2.50. The second kappa shape index (κ2) is 5.94. The van der Waals surface area contributed by atoms with Crippen LogP contribution in [0.1, 0.15) is 26.9 Å². The SMILES string of the molecule is COc1cccc(C(O)c2sccc2C(=O)O)c1OC. The highest BCUT2D eigenvalue weighted by atomic mass is 32.1. The van der Waals surface area contributed by atoms with Gasteiger partial charge in [0.05, 0.1) is 24.7 Å². The minimum Gasteiger partial charge on any atom is -0.493 e. The van der Waals surface area contributed by atoms with Crippen LogP contribution in [0.5, 0.6) is 11.5 Å². The lowest BCUT2D eigenvalue weighted by Crippen LogP contribution is -2.07. The van der Waals surface area contributed by atoms with Crippen molar-refractivity contribution < 1.29 is 24.5 Å². The van der Waals surface area contributed by atoms with Gasteiger partial charge in [-0.3, -0.25) is 0 Å². The molecule has 20 heavy (non-hydrogen) atoms. The average molecular weight is 294 g/mol. The normalized spacial score (nSPS) is 11.9. The number of para-hydroxylation sites is 1. The van der Waals surface area contributed by atoms with Crippen LogP contribution < -0.4 is 9.47 Å². The Bertz CT molecular complexity index is 620. The molecule has 0 bridgehead atoms. The minimum absolute atomic E-state index is 0.0902. The van der Waals surface area contributed by atoms with Gasteiger partial charge in [0.15, 0.2) is 11.5 Å². The number of carboxylic acids is 1. The summed E-state index contributed by atoms with van der Waals surface area (Å²) in [4.78, 5) is 11.5. The van der Waals surface area contributed by atoms with E-state index in [2.05, 4.69) is 0 Å². The van der Waals surface area contributed by atoms with Crippen molar-refractivity contribution in [2.45, 2.75) is 6.10 Å². The molecule has 0 amide bonds. The Morgan fingerprint density at radius 1 is 1.25 bits per heavy atom. The van der Waals surface area contributed by atoms with E-state index in [4.69, 9.17) is 14.6 Å². The molecule has 0 radical (unpaired) electrons. The molecular formula is C14H14O5S. The van der Waals surface area contributed by atoms with Gasteiger partial charge in [-0.15, -0.1) is 11.3 Å². The van der Waals surface area contributed by atoms with E-state index in [-0.39, 0.29) is 5.56 Å². The fourth-order valence-corrected chi connectivity index (χ4v) is 2.87. The number of hydrogen-bond donors (Lipinski definition) is 2. The molecule has 1 aromatic heterocycles. The van der Waals surface area contributed by atoms with E-state index < -0.39 is 12.1 Å². The number of thiophene rings is 1. The van der Waals surface area contributed by atoms with Crippen LogP contribution in [0.2, 0.25) is 0 Å². The van der Waals surface area contributed by atoms with Crippen molar-refractivity contribution in [3.8, 4) is 11.5 Å². The molecule has 0 saturated heterocycles. The van der Waals surface area contributed by atoms with Gasteiger partial charge in [0.2, 0.25) is 0 Å². The summed E-state index contributed by atoms with van der Waals surface area (Å²) in [5.74, 6) is -0.188. The summed E-state index contributed by atoms with van der Waals surface area (Å²) >= 11 is 1.19. The first-order chi connectivity index (χ1) is 9.60. The van der Waals surface area contributed by atoms with Crippen molar-refractivity contribution in [3.63, 3.8) is 0 Å². The summed E-state index contributed by atoms with van der Waals surface area (Å²) in [5, 5.41) is 21.2. The summed E-state index contributed by atoms with van der Waals surface area (Å²) in [7, 11) is 2.97. The number of ether oxygens (including phenoxy) is 2. The maximum absolute atomic E-state index is 11.1. The number of carboxylic acid groups (broad SMARTS) is 1. The van der Waals surface area contributed by atoms with Crippen LogP contribution in [0.3, 0.4) is 0 Å². The quantitative estimate of drug-likeness (QED) is 0.886. The van der Waals surface area contributed by atoms with Gasteiger partial charge in [0.1, 0.15) is 6.10 Å². The Morgan fingerprint density at radius 2 is 2.00 bits per heavy atom. The van der Waals surface area contributed by atoms with Gasteiger partial charge in [-0.25, -0.2) is 4.79 Å². The molecule has 1 aromatic carbocycles. The van der Waals surface area contributed by atoms with Crippen molar-refractivity contribution in [1.82, 2.24) is 0 Å². The smallest absolute Gasteiger partial charge is 0.336 e. The fourth-order valence-electron chi connectivity index (χ4n) is 1.98. The number of aliphatic hydroxyl groups is 1. The number of carbonyl (C=O) groups is 1. The summed E-state index contributed by atoms with van der Waals surface area (Å²) in [6, 6.07) is 6.57. The number of benzene rings is 1. The average Bonchev–Trinajstić information content (AvgIpc) is 2.95. The van der Waals surface area contributed by atoms with Gasteiger partial charge < -0.3 is 19.7 Å². The van der Waals surface area contributed by atoms with Crippen LogP contribution in [0.15, 0.2) is 29.6 Å². The molecule has 0 spiro atoms. The predicted molar refractivity (Wildman–Crippen MR) is 74.9 cm³/mol. The van der Waals surface area contributed by atoms with Crippen LogP contribution in [-0.2, 0) is 0 Å². The lowest BCUT2D eigenvalue weighted by atomic mass is 10.0. The Morgan fingerprint density at radius 3 is 2.60 bits per heavy atom. The predicted octanol–water partition coefficient (Wildman–Crippen LogP) is 2.55. The lowest BCUT2D eigenvalue weighted by molar-refractivity contribution is 0.0692. The van der Waals surface area contributed by atoms with E-state index in [1.807, 2.05) is 0 Å². The van der Waals surface area contributed by atoms with Gasteiger partial charge in [-0.05, 0) is 17.5 Å². The van der Waals surface area contributed by atoms with E-state index in [1.54, 1.807) is 23.6 Å².